The van der Waals surface area contributed by atoms with Crippen molar-refractivity contribution >= 4 is 46.4 Å². The van der Waals surface area contributed by atoms with Crippen LogP contribution in [0, 0.1) is 11.3 Å². The average molecular weight is 595 g/mol. The SMILES string of the molecule is CC(=O)Nc1ccc(-c2ccc(C(CN3CCOCC3)N(C)C(=O)CN(CC#N)c3ccc(Cl)c(Cl)c3)cc2)cc1. The van der Waals surface area contributed by atoms with Gasteiger partial charge in [-0.15, -0.1) is 0 Å². The van der Waals surface area contributed by atoms with E-state index < -0.39 is 0 Å². The minimum atomic E-state index is -0.213. The number of morpholine rings is 1. The molecule has 1 fully saturated rings. The van der Waals surface area contributed by atoms with Gasteiger partial charge >= 0.3 is 0 Å². The number of nitrogens with one attached hydrogen (secondary N) is 1. The minimum Gasteiger partial charge on any atom is -0.379 e. The lowest BCUT2D eigenvalue weighted by Gasteiger charge is -2.36. The summed E-state index contributed by atoms with van der Waals surface area (Å²) in [6.45, 7) is 5.08. The highest BCUT2D eigenvalue weighted by Crippen LogP contribution is 2.29. The van der Waals surface area contributed by atoms with Gasteiger partial charge < -0.3 is 19.9 Å². The fourth-order valence-electron chi connectivity index (χ4n) is 4.78. The Hall–Kier alpha value is -3.61. The van der Waals surface area contributed by atoms with E-state index in [4.69, 9.17) is 27.9 Å². The Kier molecular flexibility index (Phi) is 10.6. The fraction of sp³-hybridized carbons (Fsp3) is 0.323. The van der Waals surface area contributed by atoms with Gasteiger partial charge in [0.1, 0.15) is 6.54 Å². The third-order valence-corrected chi connectivity index (χ3v) is 7.82. The number of carbonyl (C=O) groups excluding carboxylic acids is 2. The van der Waals surface area contributed by atoms with Gasteiger partial charge in [-0.05, 0) is 47.0 Å². The van der Waals surface area contributed by atoms with Gasteiger partial charge in [-0.3, -0.25) is 14.5 Å². The summed E-state index contributed by atoms with van der Waals surface area (Å²) in [5.41, 5.74) is 4.46. The third kappa shape index (κ3) is 8.21. The molecule has 214 valence electrons. The second-order valence-corrected chi connectivity index (χ2v) is 10.7. The first kappa shape index (κ1) is 30.4. The van der Waals surface area contributed by atoms with Crippen molar-refractivity contribution in [3.8, 4) is 17.2 Å². The van der Waals surface area contributed by atoms with Gasteiger partial charge in [0.15, 0.2) is 0 Å². The molecule has 0 aliphatic carbocycles. The Morgan fingerprint density at radius 2 is 1.63 bits per heavy atom. The molecule has 0 bridgehead atoms. The molecule has 0 aromatic heterocycles. The number of carbonyl (C=O) groups is 2. The Labute approximate surface area is 251 Å². The summed E-state index contributed by atoms with van der Waals surface area (Å²) in [5.74, 6) is -0.234. The smallest absolute Gasteiger partial charge is 0.242 e. The topological polar surface area (TPSA) is 88.9 Å². The van der Waals surface area contributed by atoms with Crippen LogP contribution in [0.15, 0.2) is 66.7 Å². The number of hydrogen-bond acceptors (Lipinski definition) is 6. The molecular formula is C31H33Cl2N5O3. The molecule has 3 aromatic carbocycles. The Morgan fingerprint density at radius 1 is 1.00 bits per heavy atom. The number of nitriles is 1. The van der Waals surface area contributed by atoms with Crippen LogP contribution in [-0.4, -0.2) is 74.6 Å². The molecular weight excluding hydrogens is 561 g/mol. The fourth-order valence-corrected chi connectivity index (χ4v) is 5.07. The molecule has 1 N–H and O–H groups in total. The highest BCUT2D eigenvalue weighted by atomic mass is 35.5. The summed E-state index contributed by atoms with van der Waals surface area (Å²) in [6.07, 6.45) is 0. The molecule has 1 atom stereocenters. The van der Waals surface area contributed by atoms with E-state index in [1.165, 1.54) is 6.92 Å². The first-order chi connectivity index (χ1) is 19.7. The molecule has 4 rings (SSSR count). The summed E-state index contributed by atoms with van der Waals surface area (Å²) in [4.78, 5) is 30.7. The van der Waals surface area contributed by atoms with Crippen molar-refractivity contribution < 1.29 is 14.3 Å². The molecule has 1 aliphatic heterocycles. The van der Waals surface area contributed by atoms with Crippen molar-refractivity contribution in [1.82, 2.24) is 9.80 Å². The Bertz CT molecular complexity index is 1390. The first-order valence-corrected chi connectivity index (χ1v) is 14.1. The van der Waals surface area contributed by atoms with Crippen LogP contribution in [0.25, 0.3) is 11.1 Å². The number of amides is 2. The van der Waals surface area contributed by atoms with E-state index in [1.54, 1.807) is 28.0 Å². The Morgan fingerprint density at radius 3 is 2.22 bits per heavy atom. The third-order valence-electron chi connectivity index (χ3n) is 7.09. The number of anilines is 2. The highest BCUT2D eigenvalue weighted by Gasteiger charge is 2.27. The van der Waals surface area contributed by atoms with Crippen LogP contribution in [0.3, 0.4) is 0 Å². The van der Waals surface area contributed by atoms with E-state index in [1.807, 2.05) is 43.4 Å². The first-order valence-electron chi connectivity index (χ1n) is 13.4. The standard InChI is InChI=1S/C31H33Cl2N5O3/c1-22(39)35-26-9-7-24(8-10-26)23-3-5-25(6-4-23)30(20-37-15-17-41-18-16-37)36(2)31(40)21-38(14-13-34)27-11-12-28(32)29(33)19-27/h3-12,19,30H,14-18,20-21H2,1-2H3,(H,35,39). The summed E-state index contributed by atoms with van der Waals surface area (Å²) < 4.78 is 5.53. The Balaban J connectivity index is 1.55. The number of hydrogen-bond donors (Lipinski definition) is 1. The van der Waals surface area contributed by atoms with E-state index in [0.29, 0.717) is 35.5 Å². The van der Waals surface area contributed by atoms with Gasteiger partial charge in [-0.1, -0.05) is 59.6 Å². The van der Waals surface area contributed by atoms with Crippen molar-refractivity contribution in [2.45, 2.75) is 13.0 Å². The second-order valence-electron chi connectivity index (χ2n) is 9.93. The molecule has 0 saturated carbocycles. The van der Waals surface area contributed by atoms with Gasteiger partial charge in [0.2, 0.25) is 11.8 Å². The van der Waals surface area contributed by atoms with Crippen molar-refractivity contribution in [3.05, 3.63) is 82.3 Å². The van der Waals surface area contributed by atoms with Gasteiger partial charge in [0.05, 0.1) is 41.9 Å². The predicted molar refractivity (Wildman–Crippen MR) is 163 cm³/mol. The zero-order valence-electron chi connectivity index (χ0n) is 23.1. The van der Waals surface area contributed by atoms with E-state index in [2.05, 4.69) is 28.4 Å². The van der Waals surface area contributed by atoms with Crippen LogP contribution in [0.1, 0.15) is 18.5 Å². The second kappa shape index (κ2) is 14.3. The minimum absolute atomic E-state index is 0.0142. The number of nitrogens with zero attached hydrogens (tertiary/aromatic N) is 4. The zero-order valence-corrected chi connectivity index (χ0v) is 24.7. The number of benzene rings is 3. The van der Waals surface area contributed by atoms with Gasteiger partial charge in [-0.2, -0.15) is 5.26 Å². The molecule has 1 unspecified atom stereocenters. The van der Waals surface area contributed by atoms with Crippen LogP contribution in [0.4, 0.5) is 11.4 Å². The molecule has 2 amide bonds. The van der Waals surface area contributed by atoms with Crippen LogP contribution in [-0.2, 0) is 14.3 Å². The van der Waals surface area contributed by atoms with Crippen LogP contribution in [0.2, 0.25) is 10.0 Å². The normalized spacial score (nSPS) is 14.1. The summed E-state index contributed by atoms with van der Waals surface area (Å²) in [5, 5.41) is 13.0. The van der Waals surface area contributed by atoms with Crippen molar-refractivity contribution in [2.75, 3.05) is 63.2 Å². The maximum absolute atomic E-state index is 13.6. The number of likely N-dealkylation sites (N-methyl/N-ethyl adjacent to an activating group) is 1. The number of halogens is 2. The molecule has 41 heavy (non-hydrogen) atoms. The summed E-state index contributed by atoms with van der Waals surface area (Å²) >= 11 is 12.3. The van der Waals surface area contributed by atoms with E-state index in [9.17, 15) is 14.9 Å². The van der Waals surface area contributed by atoms with Crippen molar-refractivity contribution in [1.29, 1.82) is 5.26 Å². The van der Waals surface area contributed by atoms with E-state index >= 15 is 0 Å². The molecule has 1 saturated heterocycles. The lowest BCUT2D eigenvalue weighted by Crippen LogP contribution is -2.46. The number of rotatable bonds is 10. The van der Waals surface area contributed by atoms with Crippen LogP contribution in [0.5, 0.6) is 0 Å². The maximum Gasteiger partial charge on any atom is 0.242 e. The zero-order chi connectivity index (χ0) is 29.4. The maximum atomic E-state index is 13.6. The van der Waals surface area contributed by atoms with Crippen molar-refractivity contribution in [2.24, 2.45) is 0 Å². The molecule has 0 radical (unpaired) electrons. The summed E-state index contributed by atoms with van der Waals surface area (Å²) in [7, 11) is 1.81. The molecule has 10 heteroatoms. The van der Waals surface area contributed by atoms with Gasteiger partial charge in [0, 0.05) is 45.0 Å². The molecule has 1 aliphatic rings. The lowest BCUT2D eigenvalue weighted by atomic mass is 9.99. The predicted octanol–water partition coefficient (Wildman–Crippen LogP) is 5.48. The molecule has 1 heterocycles. The van der Waals surface area contributed by atoms with Crippen LogP contribution < -0.4 is 10.2 Å². The van der Waals surface area contributed by atoms with Crippen LogP contribution >= 0.6 is 23.2 Å². The van der Waals surface area contributed by atoms with Crippen molar-refractivity contribution in [3.63, 3.8) is 0 Å². The monoisotopic (exact) mass is 593 g/mol. The number of ether oxygens (including phenoxy) is 1. The molecule has 3 aromatic rings. The lowest BCUT2D eigenvalue weighted by molar-refractivity contribution is -0.131. The average Bonchev–Trinajstić information content (AvgIpc) is 2.97. The van der Waals surface area contributed by atoms with Gasteiger partial charge in [-0.25, -0.2) is 0 Å². The van der Waals surface area contributed by atoms with E-state index in [0.717, 1.165) is 35.5 Å². The van der Waals surface area contributed by atoms with Gasteiger partial charge in [0.25, 0.3) is 0 Å². The van der Waals surface area contributed by atoms with E-state index in [-0.39, 0.29) is 30.9 Å². The quantitative estimate of drug-likeness (QED) is 0.313. The highest BCUT2D eigenvalue weighted by molar-refractivity contribution is 6.42. The molecule has 8 nitrogen and oxygen atoms in total. The largest absolute Gasteiger partial charge is 0.379 e. The summed E-state index contributed by atoms with van der Waals surface area (Å²) in [6, 6.07) is 22.9. The molecule has 0 spiro atoms.